The number of nitrogens with one attached hydrogen (secondary N) is 1. The number of hydrogen-bond donors (Lipinski definition) is 1. The van der Waals surface area contributed by atoms with Gasteiger partial charge in [-0.15, -0.1) is 0 Å². The first-order valence-corrected chi connectivity index (χ1v) is 7.52. The molecule has 106 valence electrons. The van der Waals surface area contributed by atoms with Gasteiger partial charge in [0.1, 0.15) is 5.75 Å². The van der Waals surface area contributed by atoms with Gasteiger partial charge in [0.2, 0.25) is 0 Å². The summed E-state index contributed by atoms with van der Waals surface area (Å²) in [7, 11) is 1.69. The normalized spacial score (nSPS) is 12.2. The van der Waals surface area contributed by atoms with Gasteiger partial charge in [0.25, 0.3) is 0 Å². The standard InChI is InChI=1S/C17H20BrNO/c1-12-4-6-14(7-5-12)13(2)19-11-15-10-16(20-3)8-9-17(15)18/h4-10,13,19H,11H2,1-3H3/t13-/m1/s1. The molecule has 0 aliphatic heterocycles. The fraction of sp³-hybridized carbons (Fsp3) is 0.294. The van der Waals surface area contributed by atoms with E-state index in [1.165, 1.54) is 16.7 Å². The molecule has 1 atom stereocenters. The highest BCUT2D eigenvalue weighted by Gasteiger charge is 2.07. The molecule has 2 nitrogen and oxygen atoms in total. The monoisotopic (exact) mass is 333 g/mol. The molecule has 2 aromatic rings. The number of halogens is 1. The maximum atomic E-state index is 5.27. The first-order chi connectivity index (χ1) is 9.60. The molecule has 3 heteroatoms. The fourth-order valence-electron chi connectivity index (χ4n) is 2.05. The van der Waals surface area contributed by atoms with E-state index in [1.54, 1.807) is 7.11 Å². The van der Waals surface area contributed by atoms with Crippen LogP contribution in [0.5, 0.6) is 5.75 Å². The summed E-state index contributed by atoms with van der Waals surface area (Å²) >= 11 is 3.58. The van der Waals surface area contributed by atoms with E-state index in [9.17, 15) is 0 Å². The fourth-order valence-corrected chi connectivity index (χ4v) is 2.44. The van der Waals surface area contributed by atoms with Crippen LogP contribution >= 0.6 is 15.9 Å². The Morgan fingerprint density at radius 2 is 1.85 bits per heavy atom. The van der Waals surface area contributed by atoms with Crippen LogP contribution in [0.1, 0.15) is 29.7 Å². The summed E-state index contributed by atoms with van der Waals surface area (Å²) in [5.74, 6) is 0.882. The smallest absolute Gasteiger partial charge is 0.119 e. The molecule has 0 amide bonds. The van der Waals surface area contributed by atoms with Crippen LogP contribution in [-0.4, -0.2) is 7.11 Å². The summed E-state index contributed by atoms with van der Waals surface area (Å²) in [5, 5.41) is 3.54. The molecule has 0 aliphatic carbocycles. The molecule has 2 rings (SSSR count). The first kappa shape index (κ1) is 15.1. The molecular weight excluding hydrogens is 314 g/mol. The van der Waals surface area contributed by atoms with Crippen LogP contribution in [0, 0.1) is 6.92 Å². The number of rotatable bonds is 5. The Kier molecular flexibility index (Phi) is 5.21. The Morgan fingerprint density at radius 3 is 2.50 bits per heavy atom. The zero-order chi connectivity index (χ0) is 14.5. The number of ether oxygens (including phenoxy) is 1. The number of hydrogen-bond acceptors (Lipinski definition) is 2. The minimum absolute atomic E-state index is 0.314. The van der Waals surface area contributed by atoms with Gasteiger partial charge in [-0.25, -0.2) is 0 Å². The second-order valence-corrected chi connectivity index (χ2v) is 5.82. The van der Waals surface area contributed by atoms with Crippen molar-refractivity contribution in [3.8, 4) is 5.75 Å². The third-order valence-corrected chi connectivity index (χ3v) is 4.20. The predicted octanol–water partition coefficient (Wildman–Crippen LogP) is 4.62. The van der Waals surface area contributed by atoms with Crippen molar-refractivity contribution in [1.82, 2.24) is 5.32 Å². The second-order valence-electron chi connectivity index (χ2n) is 4.97. The highest BCUT2D eigenvalue weighted by molar-refractivity contribution is 9.10. The Labute approximate surface area is 129 Å². The van der Waals surface area contributed by atoms with E-state index < -0.39 is 0 Å². The molecule has 0 bridgehead atoms. The molecule has 0 aromatic heterocycles. The van der Waals surface area contributed by atoms with Crippen LogP contribution in [0.2, 0.25) is 0 Å². The average molecular weight is 334 g/mol. The summed E-state index contributed by atoms with van der Waals surface area (Å²) < 4.78 is 6.36. The van der Waals surface area contributed by atoms with E-state index in [0.717, 1.165) is 16.8 Å². The van der Waals surface area contributed by atoms with Crippen LogP contribution < -0.4 is 10.1 Å². The molecule has 0 radical (unpaired) electrons. The Balaban J connectivity index is 2.02. The maximum Gasteiger partial charge on any atom is 0.119 e. The number of aryl methyl sites for hydroxylation is 1. The van der Waals surface area contributed by atoms with E-state index in [0.29, 0.717) is 6.04 Å². The molecule has 0 fully saturated rings. The summed E-state index contributed by atoms with van der Waals surface area (Å²) in [4.78, 5) is 0. The van der Waals surface area contributed by atoms with Crippen molar-refractivity contribution in [2.24, 2.45) is 0 Å². The highest BCUT2D eigenvalue weighted by atomic mass is 79.9. The van der Waals surface area contributed by atoms with Gasteiger partial charge in [-0.2, -0.15) is 0 Å². The zero-order valence-electron chi connectivity index (χ0n) is 12.1. The quantitative estimate of drug-likeness (QED) is 0.862. The molecule has 20 heavy (non-hydrogen) atoms. The molecule has 0 saturated carbocycles. The maximum absolute atomic E-state index is 5.27. The third-order valence-electron chi connectivity index (χ3n) is 3.43. The average Bonchev–Trinajstić information content (AvgIpc) is 2.47. The number of methoxy groups -OCH3 is 1. The third kappa shape index (κ3) is 3.84. The van der Waals surface area contributed by atoms with Crippen molar-refractivity contribution in [2.75, 3.05) is 7.11 Å². The van der Waals surface area contributed by atoms with Gasteiger partial charge in [-0.05, 0) is 43.2 Å². The van der Waals surface area contributed by atoms with Crippen molar-refractivity contribution < 1.29 is 4.74 Å². The highest BCUT2D eigenvalue weighted by Crippen LogP contribution is 2.23. The van der Waals surface area contributed by atoms with Gasteiger partial charge in [-0.3, -0.25) is 0 Å². The van der Waals surface area contributed by atoms with Gasteiger partial charge in [0.05, 0.1) is 7.11 Å². The van der Waals surface area contributed by atoms with Crippen molar-refractivity contribution >= 4 is 15.9 Å². The molecule has 1 N–H and O–H groups in total. The Bertz CT molecular complexity index is 566. The van der Waals surface area contributed by atoms with Gasteiger partial charge in [0.15, 0.2) is 0 Å². The molecule has 0 heterocycles. The SMILES string of the molecule is COc1ccc(Br)c(CN[C@H](C)c2ccc(C)cc2)c1. The van der Waals surface area contributed by atoms with Crippen LogP contribution in [0.3, 0.4) is 0 Å². The van der Waals surface area contributed by atoms with E-state index in [4.69, 9.17) is 4.74 Å². The van der Waals surface area contributed by atoms with Gasteiger partial charge in [-0.1, -0.05) is 45.8 Å². The molecular formula is C17H20BrNO. The minimum Gasteiger partial charge on any atom is -0.497 e. The first-order valence-electron chi connectivity index (χ1n) is 6.72. The molecule has 0 unspecified atom stereocenters. The largest absolute Gasteiger partial charge is 0.497 e. The van der Waals surface area contributed by atoms with Crippen LogP contribution in [-0.2, 0) is 6.54 Å². The van der Waals surface area contributed by atoms with E-state index in [-0.39, 0.29) is 0 Å². The second kappa shape index (κ2) is 6.91. The van der Waals surface area contributed by atoms with E-state index >= 15 is 0 Å². The number of benzene rings is 2. The molecule has 2 aromatic carbocycles. The lowest BCUT2D eigenvalue weighted by molar-refractivity contribution is 0.413. The van der Waals surface area contributed by atoms with Crippen LogP contribution in [0.4, 0.5) is 0 Å². The summed E-state index contributed by atoms with van der Waals surface area (Å²) in [5.41, 5.74) is 3.79. The summed E-state index contributed by atoms with van der Waals surface area (Å²) in [6, 6.07) is 15.0. The summed E-state index contributed by atoms with van der Waals surface area (Å²) in [6.45, 7) is 5.08. The topological polar surface area (TPSA) is 21.3 Å². The lowest BCUT2D eigenvalue weighted by atomic mass is 10.1. The molecule has 0 saturated heterocycles. The van der Waals surface area contributed by atoms with Crippen LogP contribution in [0.15, 0.2) is 46.9 Å². The Hall–Kier alpha value is -1.32. The summed E-state index contributed by atoms with van der Waals surface area (Å²) in [6.07, 6.45) is 0. The zero-order valence-corrected chi connectivity index (χ0v) is 13.7. The van der Waals surface area contributed by atoms with Gasteiger partial charge in [0, 0.05) is 17.1 Å². The van der Waals surface area contributed by atoms with Gasteiger partial charge >= 0.3 is 0 Å². The van der Waals surface area contributed by atoms with Crippen molar-refractivity contribution in [3.05, 3.63) is 63.6 Å². The van der Waals surface area contributed by atoms with Gasteiger partial charge < -0.3 is 10.1 Å². The van der Waals surface area contributed by atoms with Crippen molar-refractivity contribution in [1.29, 1.82) is 0 Å². The lowest BCUT2D eigenvalue weighted by Gasteiger charge is -2.16. The van der Waals surface area contributed by atoms with E-state index in [1.807, 2.05) is 12.1 Å². The van der Waals surface area contributed by atoms with Crippen molar-refractivity contribution in [2.45, 2.75) is 26.4 Å². The Morgan fingerprint density at radius 1 is 1.15 bits per heavy atom. The lowest BCUT2D eigenvalue weighted by Crippen LogP contribution is -2.18. The minimum atomic E-state index is 0.314. The molecule has 0 spiro atoms. The van der Waals surface area contributed by atoms with Crippen LogP contribution in [0.25, 0.3) is 0 Å². The van der Waals surface area contributed by atoms with E-state index in [2.05, 4.69) is 65.4 Å². The molecule has 0 aliphatic rings. The predicted molar refractivity (Wildman–Crippen MR) is 87.1 cm³/mol. The van der Waals surface area contributed by atoms with Crippen molar-refractivity contribution in [3.63, 3.8) is 0 Å².